The lowest BCUT2D eigenvalue weighted by atomic mass is 9.79. The van der Waals surface area contributed by atoms with Gasteiger partial charge in [-0.1, -0.05) is 24.3 Å². The van der Waals surface area contributed by atoms with Crippen molar-refractivity contribution in [2.75, 3.05) is 51.1 Å². The van der Waals surface area contributed by atoms with Gasteiger partial charge in [0.15, 0.2) is 6.10 Å². The zero-order chi connectivity index (χ0) is 31.3. The number of likely N-dealkylation sites (tertiary alicyclic amines) is 2. The van der Waals surface area contributed by atoms with Gasteiger partial charge in [-0.2, -0.15) is 0 Å². The van der Waals surface area contributed by atoms with Crippen molar-refractivity contribution in [1.82, 2.24) is 20.0 Å². The van der Waals surface area contributed by atoms with Gasteiger partial charge in [-0.05, 0) is 115 Å². The number of nitrogens with zero attached hydrogens (tertiary/aromatic N) is 3. The van der Waals surface area contributed by atoms with Gasteiger partial charge in [0.25, 0.3) is 5.91 Å². The normalized spacial score (nSPS) is 21.1. The molecule has 0 unspecified atom stereocenters. The SMILES string of the molecule is O=C(O[C@H](Cc1ccc(O)c(Br)c1)C(=O)N1CCC(C2CCNCC2)CC1)N1CCC(N2CCc3ccccc3NC2=O)CC1.[HH]. The highest BCUT2D eigenvalue weighted by Gasteiger charge is 2.36. The fourth-order valence-electron chi connectivity index (χ4n) is 7.48. The van der Waals surface area contributed by atoms with Crippen LogP contribution in [0.3, 0.4) is 0 Å². The number of para-hydroxylation sites is 1. The standard InChI is InChI=1S/C34H44BrN5O5.H2/c35-28-21-23(5-6-30(28)41)22-31(32(42)38-16-9-25(10-17-38)24-7-14-36-15-8-24)45-34(44)39-18-12-27(13-19-39)40-20-11-26-3-1-2-4-29(26)37-33(40)43;/h1-6,21,24-25,27,31,36,41H,7-20,22H2,(H,37,43);1H/t31-;/m1./s1. The summed E-state index contributed by atoms with van der Waals surface area (Å²) in [6, 6.07) is 12.9. The quantitative estimate of drug-likeness (QED) is 0.384. The molecule has 4 amide bonds. The van der Waals surface area contributed by atoms with Crippen LogP contribution in [0.1, 0.15) is 51.1 Å². The van der Waals surface area contributed by atoms with Crippen molar-refractivity contribution in [2.45, 2.75) is 63.5 Å². The predicted molar refractivity (Wildman–Crippen MR) is 177 cm³/mol. The van der Waals surface area contributed by atoms with E-state index in [0.29, 0.717) is 61.9 Å². The molecule has 4 aliphatic heterocycles. The Morgan fingerprint density at radius 1 is 0.933 bits per heavy atom. The van der Waals surface area contributed by atoms with Gasteiger partial charge in [-0.25, -0.2) is 9.59 Å². The van der Waals surface area contributed by atoms with Crippen molar-refractivity contribution in [1.29, 1.82) is 0 Å². The number of phenols is 1. The van der Waals surface area contributed by atoms with Crippen LogP contribution in [0, 0.1) is 11.8 Å². The molecule has 3 saturated heterocycles. The van der Waals surface area contributed by atoms with Crippen molar-refractivity contribution in [3.05, 3.63) is 58.1 Å². The first-order valence-corrected chi connectivity index (χ1v) is 17.2. The highest BCUT2D eigenvalue weighted by atomic mass is 79.9. The third-order valence-corrected chi connectivity index (χ3v) is 10.8. The van der Waals surface area contributed by atoms with Crippen LogP contribution in [0.2, 0.25) is 0 Å². The lowest BCUT2D eigenvalue weighted by Crippen LogP contribution is -2.52. The number of ether oxygens (including phenoxy) is 1. The number of rotatable bonds is 6. The number of urea groups is 1. The van der Waals surface area contributed by atoms with Gasteiger partial charge in [0.2, 0.25) is 0 Å². The fourth-order valence-corrected chi connectivity index (χ4v) is 7.90. The van der Waals surface area contributed by atoms with E-state index in [1.54, 1.807) is 23.1 Å². The van der Waals surface area contributed by atoms with Crippen molar-refractivity contribution in [3.63, 3.8) is 0 Å². The maximum atomic E-state index is 13.9. The summed E-state index contributed by atoms with van der Waals surface area (Å²) in [7, 11) is 0. The second-order valence-electron chi connectivity index (χ2n) is 12.9. The number of hydrogen-bond acceptors (Lipinski definition) is 6. The van der Waals surface area contributed by atoms with Crippen LogP contribution < -0.4 is 10.6 Å². The molecule has 4 heterocycles. The second-order valence-corrected chi connectivity index (χ2v) is 13.7. The molecule has 1 atom stereocenters. The summed E-state index contributed by atoms with van der Waals surface area (Å²) in [6.07, 6.45) is 5.18. The number of carbonyl (C=O) groups is 3. The molecule has 0 aromatic heterocycles. The van der Waals surface area contributed by atoms with Crippen LogP contribution in [0.4, 0.5) is 15.3 Å². The third-order valence-electron chi connectivity index (χ3n) is 10.2. The largest absolute Gasteiger partial charge is 0.507 e. The van der Waals surface area contributed by atoms with Crippen LogP contribution in [0.15, 0.2) is 46.9 Å². The third kappa shape index (κ3) is 7.57. The summed E-state index contributed by atoms with van der Waals surface area (Å²) in [5.41, 5.74) is 2.78. The molecule has 2 aromatic carbocycles. The van der Waals surface area contributed by atoms with Gasteiger partial charge in [-0.15, -0.1) is 0 Å². The van der Waals surface area contributed by atoms with Gasteiger partial charge in [-0.3, -0.25) is 4.79 Å². The number of carbonyl (C=O) groups excluding carboxylic acids is 3. The molecule has 0 bridgehead atoms. The molecule has 4 aliphatic rings. The lowest BCUT2D eigenvalue weighted by Gasteiger charge is -2.39. The minimum atomic E-state index is -0.961. The Bertz CT molecular complexity index is 1380. The average Bonchev–Trinajstić information content (AvgIpc) is 3.24. The van der Waals surface area contributed by atoms with E-state index in [0.717, 1.165) is 49.2 Å². The highest BCUT2D eigenvalue weighted by molar-refractivity contribution is 9.10. The van der Waals surface area contributed by atoms with Gasteiger partial charge >= 0.3 is 12.1 Å². The lowest BCUT2D eigenvalue weighted by molar-refractivity contribution is -0.142. The predicted octanol–water partition coefficient (Wildman–Crippen LogP) is 5.24. The number of amides is 4. The highest BCUT2D eigenvalue weighted by Crippen LogP contribution is 2.32. The molecular weight excluding hydrogens is 638 g/mol. The Morgan fingerprint density at radius 2 is 1.62 bits per heavy atom. The maximum absolute atomic E-state index is 13.9. The van der Waals surface area contributed by atoms with Crippen LogP contribution in [-0.4, -0.2) is 95.8 Å². The Morgan fingerprint density at radius 3 is 2.36 bits per heavy atom. The summed E-state index contributed by atoms with van der Waals surface area (Å²) < 4.78 is 6.53. The number of anilines is 1. The molecule has 45 heavy (non-hydrogen) atoms. The van der Waals surface area contributed by atoms with Gasteiger partial charge < -0.3 is 35.2 Å². The molecule has 244 valence electrons. The molecule has 11 heteroatoms. The van der Waals surface area contributed by atoms with E-state index >= 15 is 0 Å². The molecule has 0 saturated carbocycles. The van der Waals surface area contributed by atoms with E-state index in [4.69, 9.17) is 4.74 Å². The zero-order valence-corrected chi connectivity index (χ0v) is 27.3. The number of piperidine rings is 3. The topological polar surface area (TPSA) is 114 Å². The van der Waals surface area contributed by atoms with Crippen LogP contribution >= 0.6 is 15.9 Å². The fraction of sp³-hybridized carbons (Fsp3) is 0.559. The molecule has 0 spiro atoms. The number of nitrogens with one attached hydrogen (secondary N) is 2. The Labute approximate surface area is 275 Å². The van der Waals surface area contributed by atoms with Gasteiger partial charge in [0, 0.05) is 52.3 Å². The van der Waals surface area contributed by atoms with Crippen molar-refractivity contribution >= 4 is 39.6 Å². The number of fused-ring (bicyclic) bond motifs is 1. The summed E-state index contributed by atoms with van der Waals surface area (Å²) >= 11 is 3.37. The first kappa shape index (κ1) is 31.7. The van der Waals surface area contributed by atoms with Gasteiger partial charge in [0.1, 0.15) is 5.75 Å². The number of halogens is 1. The van der Waals surface area contributed by atoms with Crippen LogP contribution in [0.25, 0.3) is 0 Å². The summed E-state index contributed by atoms with van der Waals surface area (Å²) in [6.45, 7) is 5.02. The maximum Gasteiger partial charge on any atom is 0.410 e. The number of benzene rings is 2. The van der Waals surface area contributed by atoms with Crippen LogP contribution in [-0.2, 0) is 22.4 Å². The average molecular weight is 685 g/mol. The first-order chi connectivity index (χ1) is 21.9. The molecule has 0 aliphatic carbocycles. The Kier molecular flexibility index (Phi) is 10.1. The number of phenolic OH excluding ortho intramolecular Hbond substituents is 1. The number of hydrogen-bond donors (Lipinski definition) is 3. The summed E-state index contributed by atoms with van der Waals surface area (Å²) in [5.74, 6) is 1.30. The minimum absolute atomic E-state index is 0. The molecule has 3 fully saturated rings. The molecule has 10 nitrogen and oxygen atoms in total. The summed E-state index contributed by atoms with van der Waals surface area (Å²) in [4.78, 5) is 45.8. The van der Waals surface area contributed by atoms with Gasteiger partial charge in [0.05, 0.1) is 4.47 Å². The summed E-state index contributed by atoms with van der Waals surface area (Å²) in [5, 5.41) is 16.5. The first-order valence-electron chi connectivity index (χ1n) is 16.4. The molecule has 6 rings (SSSR count). The molecule has 2 aromatic rings. The van der Waals surface area contributed by atoms with E-state index in [2.05, 4.69) is 26.6 Å². The Balaban J connectivity index is 0.00000417. The number of aromatic hydroxyl groups is 1. The Hall–Kier alpha value is -3.31. The van der Waals surface area contributed by atoms with Crippen molar-refractivity contribution in [2.24, 2.45) is 11.8 Å². The smallest absolute Gasteiger partial charge is 0.410 e. The van der Waals surface area contributed by atoms with Crippen molar-refractivity contribution in [3.8, 4) is 5.75 Å². The van der Waals surface area contributed by atoms with E-state index in [1.807, 2.05) is 34.1 Å². The minimum Gasteiger partial charge on any atom is -0.507 e. The van der Waals surface area contributed by atoms with E-state index in [-0.39, 0.29) is 31.6 Å². The molecular formula is C34H46BrN5O5. The second kappa shape index (κ2) is 14.4. The zero-order valence-electron chi connectivity index (χ0n) is 25.8. The van der Waals surface area contributed by atoms with Crippen LogP contribution in [0.5, 0.6) is 5.75 Å². The molecule has 3 N–H and O–H groups in total. The van der Waals surface area contributed by atoms with E-state index in [1.165, 1.54) is 12.8 Å². The van der Waals surface area contributed by atoms with E-state index in [9.17, 15) is 19.5 Å². The monoisotopic (exact) mass is 683 g/mol. The van der Waals surface area contributed by atoms with Crippen molar-refractivity contribution < 1.29 is 25.7 Å². The van der Waals surface area contributed by atoms with E-state index < -0.39 is 12.2 Å². The molecule has 0 radical (unpaired) electrons.